The van der Waals surface area contributed by atoms with Gasteiger partial charge in [-0.05, 0) is 43.7 Å². The third kappa shape index (κ3) is 4.08. The van der Waals surface area contributed by atoms with E-state index in [0.29, 0.717) is 11.5 Å². The Morgan fingerprint density at radius 3 is 2.44 bits per heavy atom. The second-order valence-electron chi connectivity index (χ2n) is 6.19. The Bertz CT molecular complexity index is 935. The minimum absolute atomic E-state index is 0.234. The number of rotatable bonds is 6. The number of amides is 1. The zero-order valence-electron chi connectivity index (χ0n) is 15.8. The van der Waals surface area contributed by atoms with Crippen LogP contribution in [0.1, 0.15) is 34.6 Å². The van der Waals surface area contributed by atoms with Crippen LogP contribution in [0.2, 0.25) is 0 Å². The highest BCUT2D eigenvalue weighted by Gasteiger charge is 2.16. The van der Waals surface area contributed by atoms with Gasteiger partial charge < -0.3 is 14.8 Å². The van der Waals surface area contributed by atoms with Crippen molar-refractivity contribution < 1.29 is 14.3 Å². The molecule has 0 spiro atoms. The van der Waals surface area contributed by atoms with Crippen molar-refractivity contribution in [3.8, 4) is 17.2 Å². The second kappa shape index (κ2) is 7.90. The fourth-order valence-corrected chi connectivity index (χ4v) is 2.67. The van der Waals surface area contributed by atoms with Crippen LogP contribution in [0, 0.1) is 6.92 Å². The first-order valence-electron chi connectivity index (χ1n) is 8.54. The van der Waals surface area contributed by atoms with Gasteiger partial charge in [0.05, 0.1) is 32.1 Å². The van der Waals surface area contributed by atoms with Gasteiger partial charge in [-0.1, -0.05) is 29.0 Å². The van der Waals surface area contributed by atoms with Crippen LogP contribution in [-0.4, -0.2) is 35.1 Å². The van der Waals surface area contributed by atoms with Gasteiger partial charge in [0, 0.05) is 0 Å². The molecule has 27 heavy (non-hydrogen) atoms. The fourth-order valence-electron chi connectivity index (χ4n) is 2.67. The fraction of sp³-hybridized carbons (Fsp3) is 0.250. The lowest BCUT2D eigenvalue weighted by Crippen LogP contribution is -2.27. The second-order valence-corrected chi connectivity index (χ2v) is 6.19. The maximum atomic E-state index is 12.5. The lowest BCUT2D eigenvalue weighted by Gasteiger charge is -2.15. The highest BCUT2D eigenvalue weighted by Crippen LogP contribution is 2.29. The molecule has 0 aliphatic rings. The Balaban J connectivity index is 1.73. The Morgan fingerprint density at radius 1 is 1.07 bits per heavy atom. The van der Waals surface area contributed by atoms with Gasteiger partial charge in [0.1, 0.15) is 0 Å². The molecule has 0 fully saturated rings. The highest BCUT2D eigenvalue weighted by atomic mass is 16.5. The molecule has 0 aliphatic carbocycles. The average molecular weight is 366 g/mol. The van der Waals surface area contributed by atoms with E-state index in [9.17, 15) is 4.79 Å². The summed E-state index contributed by atoms with van der Waals surface area (Å²) < 4.78 is 12.1. The molecule has 7 heteroatoms. The van der Waals surface area contributed by atoms with Crippen molar-refractivity contribution in [2.24, 2.45) is 0 Å². The number of nitrogens with zero attached hydrogens (tertiary/aromatic N) is 3. The van der Waals surface area contributed by atoms with Gasteiger partial charge in [0.2, 0.25) is 0 Å². The molecule has 1 N–H and O–H groups in total. The van der Waals surface area contributed by atoms with E-state index >= 15 is 0 Å². The van der Waals surface area contributed by atoms with E-state index in [1.54, 1.807) is 25.1 Å². The molecule has 1 amide bonds. The summed E-state index contributed by atoms with van der Waals surface area (Å²) in [6, 6.07) is 13.1. The summed E-state index contributed by atoms with van der Waals surface area (Å²) in [4.78, 5) is 12.5. The number of nitrogens with one attached hydrogen (secondary N) is 1. The quantitative estimate of drug-likeness (QED) is 0.725. The molecule has 0 aliphatic heterocycles. The molecule has 1 aromatic heterocycles. The highest BCUT2D eigenvalue weighted by molar-refractivity contribution is 5.92. The summed E-state index contributed by atoms with van der Waals surface area (Å²) in [7, 11) is 3.16. The summed E-state index contributed by atoms with van der Waals surface area (Å²) in [6.07, 6.45) is 1.61. The van der Waals surface area contributed by atoms with E-state index in [1.807, 2.05) is 56.3 Å². The topological polar surface area (TPSA) is 78.3 Å². The van der Waals surface area contributed by atoms with E-state index in [0.717, 1.165) is 16.8 Å². The van der Waals surface area contributed by atoms with Crippen molar-refractivity contribution in [2.45, 2.75) is 19.9 Å². The van der Waals surface area contributed by atoms with E-state index in [2.05, 4.69) is 15.6 Å². The molecule has 2 aromatic carbocycles. The molecule has 0 saturated heterocycles. The van der Waals surface area contributed by atoms with E-state index in [1.165, 1.54) is 0 Å². The van der Waals surface area contributed by atoms with Crippen LogP contribution in [0.3, 0.4) is 0 Å². The average Bonchev–Trinajstić information content (AvgIpc) is 3.18. The normalized spacial score (nSPS) is 11.7. The third-order valence-electron chi connectivity index (χ3n) is 4.28. The van der Waals surface area contributed by atoms with Crippen molar-refractivity contribution in [1.29, 1.82) is 0 Å². The molecule has 140 valence electrons. The Labute approximate surface area is 157 Å². The Morgan fingerprint density at radius 2 is 1.78 bits per heavy atom. The Hall–Kier alpha value is -3.35. The predicted molar refractivity (Wildman–Crippen MR) is 102 cm³/mol. The number of methoxy groups -OCH3 is 2. The zero-order chi connectivity index (χ0) is 19.4. The molecule has 0 bridgehead atoms. The van der Waals surface area contributed by atoms with E-state index in [4.69, 9.17) is 9.47 Å². The van der Waals surface area contributed by atoms with Gasteiger partial charge in [-0.15, -0.1) is 5.10 Å². The van der Waals surface area contributed by atoms with Crippen LogP contribution < -0.4 is 14.8 Å². The van der Waals surface area contributed by atoms with Crippen molar-refractivity contribution in [2.75, 3.05) is 14.2 Å². The number of carbonyl (C=O) groups is 1. The number of hydrogen-bond donors (Lipinski definition) is 1. The van der Waals surface area contributed by atoms with Crippen LogP contribution >= 0.6 is 0 Å². The lowest BCUT2D eigenvalue weighted by atomic mass is 10.1. The molecule has 1 heterocycles. The Kier molecular flexibility index (Phi) is 5.40. The summed E-state index contributed by atoms with van der Waals surface area (Å²) in [6.45, 7) is 3.91. The molecule has 3 aromatic rings. The zero-order valence-corrected chi connectivity index (χ0v) is 15.8. The molecular weight excluding hydrogens is 344 g/mol. The molecule has 1 unspecified atom stereocenters. The molecule has 3 rings (SSSR count). The molecule has 1 atom stereocenters. The maximum absolute atomic E-state index is 12.5. The van der Waals surface area contributed by atoms with E-state index < -0.39 is 0 Å². The van der Waals surface area contributed by atoms with Gasteiger partial charge in [0.15, 0.2) is 17.2 Å². The molecular formula is C20H22N4O3. The summed E-state index contributed by atoms with van der Waals surface area (Å²) in [5.74, 6) is 0.956. The molecule has 7 nitrogen and oxygen atoms in total. The number of ether oxygens (including phenoxy) is 2. The van der Waals surface area contributed by atoms with Crippen molar-refractivity contribution >= 4 is 5.91 Å². The van der Waals surface area contributed by atoms with Crippen molar-refractivity contribution in [3.63, 3.8) is 0 Å². The smallest absolute Gasteiger partial charge is 0.273 e. The van der Waals surface area contributed by atoms with Gasteiger partial charge in [-0.2, -0.15) is 0 Å². The van der Waals surface area contributed by atoms with Crippen LogP contribution in [-0.2, 0) is 0 Å². The van der Waals surface area contributed by atoms with Gasteiger partial charge in [0.25, 0.3) is 5.91 Å². The van der Waals surface area contributed by atoms with Crippen molar-refractivity contribution in [3.05, 3.63) is 65.5 Å². The number of hydrogen-bond acceptors (Lipinski definition) is 5. The molecule has 0 saturated carbocycles. The first kappa shape index (κ1) is 18.4. The number of carbonyl (C=O) groups excluding carboxylic acids is 1. The summed E-state index contributed by atoms with van der Waals surface area (Å²) >= 11 is 0. The minimum Gasteiger partial charge on any atom is -0.493 e. The van der Waals surface area contributed by atoms with E-state index in [-0.39, 0.29) is 17.6 Å². The first-order chi connectivity index (χ1) is 13.0. The maximum Gasteiger partial charge on any atom is 0.273 e. The van der Waals surface area contributed by atoms with Crippen LogP contribution in [0.4, 0.5) is 0 Å². The number of aryl methyl sites for hydroxylation is 1. The summed E-state index contributed by atoms with van der Waals surface area (Å²) in [5, 5.41) is 10.9. The van der Waals surface area contributed by atoms with Gasteiger partial charge in [-0.3, -0.25) is 4.79 Å². The van der Waals surface area contributed by atoms with Gasteiger partial charge >= 0.3 is 0 Å². The first-order valence-corrected chi connectivity index (χ1v) is 8.54. The van der Waals surface area contributed by atoms with Gasteiger partial charge in [-0.25, -0.2) is 4.68 Å². The predicted octanol–water partition coefficient (Wildman–Crippen LogP) is 3.08. The standard InChI is InChI=1S/C20H22N4O3/c1-13-5-8-16(9-6-13)24-12-17(22-23-24)20(25)21-14(2)15-7-10-18(26-3)19(11-15)27-4/h5-12,14H,1-4H3,(H,21,25). The number of aromatic nitrogens is 3. The van der Waals surface area contributed by atoms with Crippen LogP contribution in [0.15, 0.2) is 48.7 Å². The number of benzene rings is 2. The largest absolute Gasteiger partial charge is 0.493 e. The molecule has 0 radical (unpaired) electrons. The van der Waals surface area contributed by atoms with Crippen LogP contribution in [0.25, 0.3) is 5.69 Å². The minimum atomic E-state index is -0.296. The van der Waals surface area contributed by atoms with Crippen LogP contribution in [0.5, 0.6) is 11.5 Å². The SMILES string of the molecule is COc1ccc(C(C)NC(=O)c2cn(-c3ccc(C)cc3)nn2)cc1OC. The van der Waals surface area contributed by atoms with Crippen molar-refractivity contribution in [1.82, 2.24) is 20.3 Å². The lowest BCUT2D eigenvalue weighted by molar-refractivity contribution is 0.0934. The monoisotopic (exact) mass is 366 g/mol. The summed E-state index contributed by atoms with van der Waals surface area (Å²) in [5.41, 5.74) is 3.15. The third-order valence-corrected chi connectivity index (χ3v) is 4.28.